The first kappa shape index (κ1) is 20.5. The first-order chi connectivity index (χ1) is 14.5. The molecular weight excluding hydrogens is 420 g/mol. The lowest BCUT2D eigenvalue weighted by Gasteiger charge is -2.06. The van der Waals surface area contributed by atoms with Crippen molar-refractivity contribution in [2.24, 2.45) is 5.92 Å². The molecule has 156 valence electrons. The predicted molar refractivity (Wildman–Crippen MR) is 117 cm³/mol. The number of hydrogen-bond acceptors (Lipinski definition) is 8. The average Bonchev–Trinajstić information content (AvgIpc) is 3.44. The minimum atomic E-state index is -0.134. The van der Waals surface area contributed by atoms with Crippen LogP contribution in [0.2, 0.25) is 0 Å². The SMILES string of the molecule is CC(=O)Nc1nnc(C2CC[C@H](Cc3nnc(NC(=O)Cc4ccccc4)s3)C2)s1. The number of anilines is 2. The van der Waals surface area contributed by atoms with Crippen LogP contribution < -0.4 is 10.6 Å². The van der Waals surface area contributed by atoms with Gasteiger partial charge in [0.1, 0.15) is 10.0 Å². The Hall–Kier alpha value is -2.72. The summed E-state index contributed by atoms with van der Waals surface area (Å²) >= 11 is 2.89. The third-order valence-corrected chi connectivity index (χ3v) is 6.86. The van der Waals surface area contributed by atoms with Gasteiger partial charge >= 0.3 is 0 Å². The van der Waals surface area contributed by atoms with Crippen molar-refractivity contribution in [3.8, 4) is 0 Å². The van der Waals surface area contributed by atoms with Crippen molar-refractivity contribution < 1.29 is 9.59 Å². The van der Waals surface area contributed by atoms with Crippen LogP contribution in [0.5, 0.6) is 0 Å². The molecule has 0 bridgehead atoms. The largest absolute Gasteiger partial charge is 0.301 e. The molecule has 0 saturated heterocycles. The molecule has 30 heavy (non-hydrogen) atoms. The van der Waals surface area contributed by atoms with Gasteiger partial charge in [-0.3, -0.25) is 9.59 Å². The number of hydrogen-bond donors (Lipinski definition) is 2. The minimum Gasteiger partial charge on any atom is -0.301 e. The van der Waals surface area contributed by atoms with E-state index in [0.29, 0.717) is 28.5 Å². The second-order valence-corrected chi connectivity index (χ2v) is 9.49. The van der Waals surface area contributed by atoms with Crippen molar-refractivity contribution in [2.45, 2.75) is 44.9 Å². The Morgan fingerprint density at radius 3 is 2.57 bits per heavy atom. The molecule has 2 N–H and O–H groups in total. The van der Waals surface area contributed by atoms with Gasteiger partial charge in [-0.1, -0.05) is 53.0 Å². The summed E-state index contributed by atoms with van der Waals surface area (Å²) in [7, 11) is 0. The highest BCUT2D eigenvalue weighted by Crippen LogP contribution is 2.41. The lowest BCUT2D eigenvalue weighted by molar-refractivity contribution is -0.116. The van der Waals surface area contributed by atoms with Crippen LogP contribution in [0.1, 0.15) is 47.7 Å². The van der Waals surface area contributed by atoms with Crippen LogP contribution >= 0.6 is 22.7 Å². The molecule has 2 atom stereocenters. The van der Waals surface area contributed by atoms with Gasteiger partial charge in [0.25, 0.3) is 0 Å². The second kappa shape index (κ2) is 9.40. The fourth-order valence-corrected chi connectivity index (χ4v) is 5.47. The third-order valence-electron chi connectivity index (χ3n) is 5.00. The van der Waals surface area contributed by atoms with Gasteiger partial charge < -0.3 is 10.6 Å². The molecule has 1 unspecified atom stereocenters. The molecule has 8 nitrogen and oxygen atoms in total. The maximum atomic E-state index is 12.2. The molecule has 0 radical (unpaired) electrons. The summed E-state index contributed by atoms with van der Waals surface area (Å²) in [6.45, 7) is 1.47. The quantitative estimate of drug-likeness (QED) is 0.578. The van der Waals surface area contributed by atoms with E-state index in [2.05, 4.69) is 31.0 Å². The van der Waals surface area contributed by atoms with Crippen LogP contribution in [0.4, 0.5) is 10.3 Å². The fraction of sp³-hybridized carbons (Fsp3) is 0.400. The first-order valence-corrected chi connectivity index (χ1v) is 11.5. The summed E-state index contributed by atoms with van der Waals surface area (Å²) in [5.41, 5.74) is 0.968. The number of nitrogens with zero attached hydrogens (tertiary/aromatic N) is 4. The Kier molecular flexibility index (Phi) is 6.44. The second-order valence-electron chi connectivity index (χ2n) is 7.42. The summed E-state index contributed by atoms with van der Waals surface area (Å²) in [6.07, 6.45) is 4.33. The van der Waals surface area contributed by atoms with Crippen LogP contribution in [0.15, 0.2) is 30.3 Å². The monoisotopic (exact) mass is 442 g/mol. The molecule has 1 aromatic carbocycles. The minimum absolute atomic E-state index is 0.0870. The van der Waals surface area contributed by atoms with Gasteiger partial charge in [0.05, 0.1) is 6.42 Å². The Labute approximate surface area is 182 Å². The first-order valence-electron chi connectivity index (χ1n) is 9.82. The molecule has 1 aliphatic carbocycles. The van der Waals surface area contributed by atoms with Crippen molar-refractivity contribution in [1.82, 2.24) is 20.4 Å². The van der Waals surface area contributed by atoms with Crippen molar-refractivity contribution in [2.75, 3.05) is 10.6 Å². The molecule has 2 amide bonds. The Balaban J connectivity index is 1.27. The summed E-state index contributed by atoms with van der Waals surface area (Å²) in [5.74, 6) is 0.651. The van der Waals surface area contributed by atoms with Crippen LogP contribution in [-0.4, -0.2) is 32.2 Å². The molecule has 1 fully saturated rings. The summed E-state index contributed by atoms with van der Waals surface area (Å²) < 4.78 is 0. The Bertz CT molecular complexity index is 1020. The standard InChI is InChI=1S/C20H22N6O2S2/c1-12(27)21-19-26-24-18(30-19)15-8-7-14(9-15)11-17-23-25-20(29-17)22-16(28)10-13-5-3-2-4-6-13/h2-6,14-15H,7-11H2,1H3,(H,21,26,27)(H,22,25,28)/t14-,15?/m0/s1. The molecule has 10 heteroatoms. The normalized spacial score (nSPS) is 18.3. The van der Waals surface area contributed by atoms with Crippen molar-refractivity contribution in [3.63, 3.8) is 0 Å². The highest BCUT2D eigenvalue weighted by molar-refractivity contribution is 7.15. The number of carbonyl (C=O) groups excluding carboxylic acids is 2. The molecule has 3 aromatic rings. The number of nitrogens with one attached hydrogen (secondary N) is 2. The van der Waals surface area contributed by atoms with Crippen molar-refractivity contribution >= 4 is 44.8 Å². The summed E-state index contributed by atoms with van der Waals surface area (Å²) in [4.78, 5) is 23.3. The topological polar surface area (TPSA) is 110 Å². The number of amides is 2. The van der Waals surface area contributed by atoms with E-state index in [1.54, 1.807) is 0 Å². The van der Waals surface area contributed by atoms with E-state index in [1.165, 1.54) is 29.6 Å². The van der Waals surface area contributed by atoms with Gasteiger partial charge in [0, 0.05) is 19.3 Å². The maximum Gasteiger partial charge on any atom is 0.230 e. The predicted octanol–water partition coefficient (Wildman–Crippen LogP) is 3.66. The van der Waals surface area contributed by atoms with Crippen LogP contribution in [0, 0.1) is 5.92 Å². The molecule has 2 aromatic heterocycles. The van der Waals surface area contributed by atoms with Crippen LogP contribution in [0.25, 0.3) is 0 Å². The van der Waals surface area contributed by atoms with Crippen LogP contribution in [0.3, 0.4) is 0 Å². The zero-order chi connectivity index (χ0) is 20.9. The van der Waals surface area contributed by atoms with E-state index in [9.17, 15) is 9.59 Å². The molecule has 1 aliphatic rings. The van der Waals surface area contributed by atoms with Crippen molar-refractivity contribution in [1.29, 1.82) is 0 Å². The van der Waals surface area contributed by atoms with E-state index in [4.69, 9.17) is 0 Å². The highest BCUT2D eigenvalue weighted by atomic mass is 32.1. The van der Waals surface area contributed by atoms with E-state index in [-0.39, 0.29) is 11.8 Å². The maximum absolute atomic E-state index is 12.2. The number of aromatic nitrogens is 4. The van der Waals surface area contributed by atoms with Gasteiger partial charge in [-0.15, -0.1) is 20.4 Å². The number of benzene rings is 1. The zero-order valence-electron chi connectivity index (χ0n) is 16.5. The summed E-state index contributed by atoms with van der Waals surface area (Å²) in [5, 5.41) is 25.2. The number of rotatable bonds is 7. The molecule has 4 rings (SSSR count). The van der Waals surface area contributed by atoms with E-state index in [1.807, 2.05) is 30.3 Å². The van der Waals surface area contributed by atoms with Gasteiger partial charge in [-0.2, -0.15) is 0 Å². The van der Waals surface area contributed by atoms with Gasteiger partial charge in [0.2, 0.25) is 22.1 Å². The molecule has 0 aliphatic heterocycles. The smallest absolute Gasteiger partial charge is 0.230 e. The lowest BCUT2D eigenvalue weighted by Crippen LogP contribution is -2.14. The highest BCUT2D eigenvalue weighted by Gasteiger charge is 2.29. The molecule has 2 heterocycles. The van der Waals surface area contributed by atoms with E-state index >= 15 is 0 Å². The summed E-state index contributed by atoms with van der Waals surface area (Å²) in [6, 6.07) is 9.63. The van der Waals surface area contributed by atoms with Crippen LogP contribution in [-0.2, 0) is 22.4 Å². The zero-order valence-corrected chi connectivity index (χ0v) is 18.1. The van der Waals surface area contributed by atoms with Crippen molar-refractivity contribution in [3.05, 3.63) is 45.9 Å². The fourth-order valence-electron chi connectivity index (χ4n) is 3.66. The van der Waals surface area contributed by atoms with Gasteiger partial charge in [-0.25, -0.2) is 0 Å². The molecule has 0 spiro atoms. The third kappa shape index (κ3) is 5.45. The molecular formula is C20H22N6O2S2. The Morgan fingerprint density at radius 1 is 1.00 bits per heavy atom. The lowest BCUT2D eigenvalue weighted by atomic mass is 10.0. The van der Waals surface area contributed by atoms with Gasteiger partial charge in [-0.05, 0) is 30.7 Å². The Morgan fingerprint density at radius 2 is 1.77 bits per heavy atom. The van der Waals surface area contributed by atoms with Gasteiger partial charge in [0.15, 0.2) is 0 Å². The molecule has 1 saturated carbocycles. The number of carbonyl (C=O) groups is 2. The average molecular weight is 443 g/mol. The van der Waals surface area contributed by atoms with E-state index < -0.39 is 0 Å². The van der Waals surface area contributed by atoms with E-state index in [0.717, 1.165) is 41.3 Å².